The molecule has 0 radical (unpaired) electrons. The first-order chi connectivity index (χ1) is 13.1. The lowest BCUT2D eigenvalue weighted by Gasteiger charge is -2.24. The zero-order valence-corrected chi connectivity index (χ0v) is 17.6. The molecule has 1 heterocycles. The zero-order valence-electron chi connectivity index (χ0n) is 16.0. The molecule has 27 heavy (non-hydrogen) atoms. The lowest BCUT2D eigenvalue weighted by Crippen LogP contribution is -2.45. The van der Waals surface area contributed by atoms with E-state index in [2.05, 4.69) is 41.8 Å². The molecular weight excluding hydrogens is 406 g/mol. The fourth-order valence-electron chi connectivity index (χ4n) is 3.95. The maximum atomic E-state index is 12.1. The SMILES string of the molecule is CN=C(NCCC(=O)Nc1ccc(Br)cc1)NC1CCN(C2CCCC2)C1. The third-order valence-electron chi connectivity index (χ3n) is 5.40. The van der Waals surface area contributed by atoms with Crippen LogP contribution in [0.4, 0.5) is 5.69 Å². The van der Waals surface area contributed by atoms with Crippen molar-refractivity contribution < 1.29 is 4.79 Å². The lowest BCUT2D eigenvalue weighted by molar-refractivity contribution is -0.116. The number of amides is 1. The van der Waals surface area contributed by atoms with Gasteiger partial charge in [-0.05, 0) is 43.5 Å². The fourth-order valence-corrected chi connectivity index (χ4v) is 4.21. The average Bonchev–Trinajstić information content (AvgIpc) is 3.34. The van der Waals surface area contributed by atoms with Gasteiger partial charge in [0.05, 0.1) is 0 Å². The number of anilines is 1. The van der Waals surface area contributed by atoms with Gasteiger partial charge in [0.1, 0.15) is 0 Å². The molecule has 1 aromatic rings. The molecule has 7 heteroatoms. The summed E-state index contributed by atoms with van der Waals surface area (Å²) in [4.78, 5) is 19.0. The van der Waals surface area contributed by atoms with E-state index < -0.39 is 0 Å². The van der Waals surface area contributed by atoms with E-state index in [-0.39, 0.29) is 5.91 Å². The van der Waals surface area contributed by atoms with E-state index in [1.807, 2.05) is 24.3 Å². The second-order valence-corrected chi connectivity index (χ2v) is 8.28. The molecule has 1 aliphatic carbocycles. The Morgan fingerprint density at radius 2 is 1.96 bits per heavy atom. The number of nitrogens with zero attached hydrogens (tertiary/aromatic N) is 2. The lowest BCUT2D eigenvalue weighted by atomic mass is 10.2. The Balaban J connectivity index is 1.35. The molecule has 1 aromatic carbocycles. The minimum atomic E-state index is -0.00597. The molecule has 0 aromatic heterocycles. The summed E-state index contributed by atoms with van der Waals surface area (Å²) < 4.78 is 0.996. The highest BCUT2D eigenvalue weighted by molar-refractivity contribution is 9.10. The number of halogens is 1. The van der Waals surface area contributed by atoms with Gasteiger partial charge in [-0.2, -0.15) is 0 Å². The van der Waals surface area contributed by atoms with E-state index in [0.29, 0.717) is 19.0 Å². The number of likely N-dealkylation sites (tertiary alicyclic amines) is 1. The second kappa shape index (κ2) is 10.1. The summed E-state index contributed by atoms with van der Waals surface area (Å²) in [5.41, 5.74) is 0.809. The van der Waals surface area contributed by atoms with Gasteiger partial charge in [-0.15, -0.1) is 0 Å². The van der Waals surface area contributed by atoms with Crippen LogP contribution in [0.15, 0.2) is 33.7 Å². The minimum Gasteiger partial charge on any atom is -0.356 e. The van der Waals surface area contributed by atoms with Crippen LogP contribution in [0, 0.1) is 0 Å². The predicted octanol–water partition coefficient (Wildman–Crippen LogP) is 2.96. The first kappa shape index (κ1) is 20.1. The van der Waals surface area contributed by atoms with Crippen LogP contribution in [-0.4, -0.2) is 55.5 Å². The minimum absolute atomic E-state index is 0.00597. The molecule has 6 nitrogen and oxygen atoms in total. The highest BCUT2D eigenvalue weighted by atomic mass is 79.9. The van der Waals surface area contributed by atoms with Gasteiger partial charge in [0.2, 0.25) is 5.91 Å². The maximum absolute atomic E-state index is 12.1. The zero-order chi connectivity index (χ0) is 19.1. The third kappa shape index (κ3) is 6.21. The van der Waals surface area contributed by atoms with Crippen LogP contribution < -0.4 is 16.0 Å². The van der Waals surface area contributed by atoms with E-state index in [0.717, 1.165) is 35.1 Å². The van der Waals surface area contributed by atoms with Crippen molar-refractivity contribution in [1.82, 2.24) is 15.5 Å². The number of hydrogen-bond donors (Lipinski definition) is 3. The van der Waals surface area contributed by atoms with E-state index in [4.69, 9.17) is 0 Å². The summed E-state index contributed by atoms with van der Waals surface area (Å²) >= 11 is 3.39. The molecule has 1 amide bonds. The molecule has 1 saturated heterocycles. The quantitative estimate of drug-likeness (QED) is 0.474. The Morgan fingerprint density at radius 3 is 2.67 bits per heavy atom. The number of hydrogen-bond acceptors (Lipinski definition) is 3. The van der Waals surface area contributed by atoms with Gasteiger partial charge >= 0.3 is 0 Å². The molecular formula is C20H30BrN5O. The summed E-state index contributed by atoms with van der Waals surface area (Å²) in [6.45, 7) is 2.82. The Bertz CT molecular complexity index is 642. The Kier molecular flexibility index (Phi) is 7.52. The van der Waals surface area contributed by atoms with Gasteiger partial charge in [0.25, 0.3) is 0 Å². The normalized spacial score (nSPS) is 21.4. The molecule has 3 N–H and O–H groups in total. The molecule has 2 aliphatic rings. The fraction of sp³-hybridized carbons (Fsp3) is 0.600. The van der Waals surface area contributed by atoms with Crippen molar-refractivity contribution in [3.63, 3.8) is 0 Å². The van der Waals surface area contributed by atoms with Crippen LogP contribution in [0.1, 0.15) is 38.5 Å². The van der Waals surface area contributed by atoms with Gasteiger partial charge in [-0.3, -0.25) is 14.7 Å². The highest BCUT2D eigenvalue weighted by Gasteiger charge is 2.30. The number of carbonyl (C=O) groups is 1. The Labute approximate surface area is 170 Å². The van der Waals surface area contributed by atoms with Gasteiger partial charge in [-0.1, -0.05) is 28.8 Å². The van der Waals surface area contributed by atoms with Crippen LogP contribution in [0.25, 0.3) is 0 Å². The number of aliphatic imine (C=N–C) groups is 1. The number of benzene rings is 1. The summed E-state index contributed by atoms with van der Waals surface area (Å²) in [6, 6.07) is 8.81. The first-order valence-electron chi connectivity index (χ1n) is 9.90. The molecule has 3 rings (SSSR count). The summed E-state index contributed by atoms with van der Waals surface area (Å²) in [6.07, 6.45) is 7.02. The third-order valence-corrected chi connectivity index (χ3v) is 5.93. The predicted molar refractivity (Wildman–Crippen MR) is 114 cm³/mol. The van der Waals surface area contributed by atoms with E-state index in [1.165, 1.54) is 32.2 Å². The molecule has 1 aliphatic heterocycles. The van der Waals surface area contributed by atoms with Crippen LogP contribution >= 0.6 is 15.9 Å². The molecule has 1 saturated carbocycles. The number of carbonyl (C=O) groups excluding carboxylic acids is 1. The molecule has 0 spiro atoms. The van der Waals surface area contributed by atoms with Crippen LogP contribution in [0.5, 0.6) is 0 Å². The van der Waals surface area contributed by atoms with Crippen LogP contribution in [0.2, 0.25) is 0 Å². The molecule has 2 fully saturated rings. The van der Waals surface area contributed by atoms with Gasteiger partial charge in [0.15, 0.2) is 5.96 Å². The molecule has 0 bridgehead atoms. The summed E-state index contributed by atoms with van der Waals surface area (Å²) in [7, 11) is 1.78. The standard InChI is InChI=1S/C20H30BrN5O/c1-22-20(25-17-11-13-26(14-17)18-4-2-3-5-18)23-12-10-19(27)24-16-8-6-15(21)7-9-16/h6-9,17-18H,2-5,10-14H2,1H3,(H,24,27)(H2,22,23,25). The van der Waals surface area contributed by atoms with Crippen molar-refractivity contribution in [1.29, 1.82) is 0 Å². The molecule has 1 unspecified atom stereocenters. The smallest absolute Gasteiger partial charge is 0.226 e. The monoisotopic (exact) mass is 435 g/mol. The van der Waals surface area contributed by atoms with Crippen molar-refractivity contribution in [2.75, 3.05) is 32.0 Å². The molecule has 148 valence electrons. The number of rotatable bonds is 6. The average molecular weight is 436 g/mol. The second-order valence-electron chi connectivity index (χ2n) is 7.37. The largest absolute Gasteiger partial charge is 0.356 e. The Hall–Kier alpha value is -1.60. The van der Waals surface area contributed by atoms with Crippen LogP contribution in [0.3, 0.4) is 0 Å². The maximum Gasteiger partial charge on any atom is 0.226 e. The van der Waals surface area contributed by atoms with Crippen molar-refractivity contribution in [3.8, 4) is 0 Å². The van der Waals surface area contributed by atoms with Crippen LogP contribution in [-0.2, 0) is 4.79 Å². The number of guanidine groups is 1. The summed E-state index contributed by atoms with van der Waals surface area (Å²) in [5, 5.41) is 9.67. The van der Waals surface area contributed by atoms with E-state index in [1.54, 1.807) is 7.05 Å². The Morgan fingerprint density at radius 1 is 1.22 bits per heavy atom. The molecule has 1 atom stereocenters. The van der Waals surface area contributed by atoms with E-state index in [9.17, 15) is 4.79 Å². The van der Waals surface area contributed by atoms with Gasteiger partial charge in [0, 0.05) is 55.3 Å². The van der Waals surface area contributed by atoms with Crippen molar-refractivity contribution >= 4 is 33.5 Å². The highest BCUT2D eigenvalue weighted by Crippen LogP contribution is 2.26. The van der Waals surface area contributed by atoms with Crippen molar-refractivity contribution in [3.05, 3.63) is 28.7 Å². The summed E-state index contributed by atoms with van der Waals surface area (Å²) in [5.74, 6) is 0.776. The van der Waals surface area contributed by atoms with E-state index >= 15 is 0 Å². The first-order valence-corrected chi connectivity index (χ1v) is 10.7. The van der Waals surface area contributed by atoms with Crippen molar-refractivity contribution in [2.24, 2.45) is 4.99 Å². The van der Waals surface area contributed by atoms with Gasteiger partial charge < -0.3 is 16.0 Å². The van der Waals surface area contributed by atoms with Gasteiger partial charge in [-0.25, -0.2) is 0 Å². The van der Waals surface area contributed by atoms with Crippen molar-refractivity contribution in [2.45, 2.75) is 50.6 Å². The number of nitrogens with one attached hydrogen (secondary N) is 3. The topological polar surface area (TPSA) is 68.8 Å².